The summed E-state index contributed by atoms with van der Waals surface area (Å²) in [5.41, 5.74) is 1.26. The third kappa shape index (κ3) is 5.77. The van der Waals surface area contributed by atoms with Crippen LogP contribution < -0.4 is 15.4 Å². The maximum Gasteiger partial charge on any atom is 0.191 e. The summed E-state index contributed by atoms with van der Waals surface area (Å²) in [5.74, 6) is 2.63. The van der Waals surface area contributed by atoms with E-state index in [0.717, 1.165) is 37.1 Å². The first-order valence-electron chi connectivity index (χ1n) is 10.6. The average Bonchev–Trinajstić information content (AvgIpc) is 3.47. The van der Waals surface area contributed by atoms with Crippen molar-refractivity contribution < 1.29 is 9.15 Å². The predicted octanol–water partition coefficient (Wildman–Crippen LogP) is 2.89. The number of aliphatic imine (C=N–C) groups is 1. The number of likely N-dealkylation sites (N-methyl/N-ethyl adjacent to an activating group) is 1. The zero-order valence-electron chi connectivity index (χ0n) is 18.6. The van der Waals surface area contributed by atoms with Gasteiger partial charge in [-0.2, -0.15) is 0 Å². The molecule has 2 unspecified atom stereocenters. The van der Waals surface area contributed by atoms with Crippen molar-refractivity contribution in [2.24, 2.45) is 4.99 Å². The van der Waals surface area contributed by atoms with Crippen LogP contribution in [0.5, 0.6) is 5.75 Å². The molecule has 0 radical (unpaired) electrons. The van der Waals surface area contributed by atoms with Crippen LogP contribution in [0.15, 0.2) is 52.1 Å². The monoisotopic (exact) mass is 413 g/mol. The number of nitrogens with zero attached hydrogens (tertiary/aromatic N) is 3. The summed E-state index contributed by atoms with van der Waals surface area (Å²) in [6.07, 6.45) is 4.22. The molecule has 3 rings (SSSR count). The number of benzene rings is 1. The minimum Gasteiger partial charge on any atom is -0.497 e. The van der Waals surface area contributed by atoms with E-state index in [-0.39, 0.29) is 12.1 Å². The van der Waals surface area contributed by atoms with Crippen LogP contribution >= 0.6 is 0 Å². The number of guanidine groups is 1. The van der Waals surface area contributed by atoms with Crippen molar-refractivity contribution >= 4 is 5.96 Å². The Kier molecular flexibility index (Phi) is 8.16. The van der Waals surface area contributed by atoms with Gasteiger partial charge in [0.1, 0.15) is 11.5 Å². The molecule has 0 spiro atoms. The Morgan fingerprint density at radius 2 is 1.93 bits per heavy atom. The minimum atomic E-state index is 0.131. The Bertz CT molecular complexity index is 785. The lowest BCUT2D eigenvalue weighted by Gasteiger charge is -2.29. The molecular formula is C23H35N5O2. The second-order valence-electron chi connectivity index (χ2n) is 7.86. The Balaban J connectivity index is 1.64. The number of hydrogen-bond donors (Lipinski definition) is 2. The smallest absolute Gasteiger partial charge is 0.191 e. The molecule has 0 amide bonds. The number of methoxy groups -OCH3 is 1. The Labute approximate surface area is 180 Å². The summed E-state index contributed by atoms with van der Waals surface area (Å²) in [4.78, 5) is 9.11. The molecule has 2 aromatic rings. The lowest BCUT2D eigenvalue weighted by atomic mass is 10.1. The summed E-state index contributed by atoms with van der Waals surface area (Å²) in [6, 6.07) is 12.7. The molecule has 1 saturated heterocycles. The summed E-state index contributed by atoms with van der Waals surface area (Å²) >= 11 is 0. The number of furan rings is 1. The van der Waals surface area contributed by atoms with Gasteiger partial charge in [-0.1, -0.05) is 12.1 Å². The Morgan fingerprint density at radius 1 is 1.17 bits per heavy atom. The second-order valence-corrected chi connectivity index (χ2v) is 7.86. The van der Waals surface area contributed by atoms with Crippen LogP contribution in [0, 0.1) is 0 Å². The fourth-order valence-corrected chi connectivity index (χ4v) is 3.99. The van der Waals surface area contributed by atoms with Crippen molar-refractivity contribution in [2.75, 3.05) is 54.4 Å². The Morgan fingerprint density at radius 3 is 2.57 bits per heavy atom. The van der Waals surface area contributed by atoms with Gasteiger partial charge < -0.3 is 19.8 Å². The van der Waals surface area contributed by atoms with Crippen molar-refractivity contribution in [2.45, 2.75) is 24.9 Å². The highest BCUT2D eigenvalue weighted by Crippen LogP contribution is 2.27. The normalized spacial score (nSPS) is 17.2. The van der Waals surface area contributed by atoms with Crippen LogP contribution in [0.1, 0.15) is 36.2 Å². The molecule has 2 atom stereocenters. The van der Waals surface area contributed by atoms with Gasteiger partial charge in [0.2, 0.25) is 0 Å². The van der Waals surface area contributed by atoms with Crippen LogP contribution in [-0.2, 0) is 0 Å². The van der Waals surface area contributed by atoms with E-state index >= 15 is 0 Å². The zero-order valence-corrected chi connectivity index (χ0v) is 18.6. The molecule has 1 fully saturated rings. The van der Waals surface area contributed by atoms with Crippen LogP contribution in [0.25, 0.3) is 0 Å². The van der Waals surface area contributed by atoms with Gasteiger partial charge in [0.05, 0.1) is 25.5 Å². The summed E-state index contributed by atoms with van der Waals surface area (Å²) in [5, 5.41) is 6.98. The van der Waals surface area contributed by atoms with Gasteiger partial charge in [-0.3, -0.25) is 14.8 Å². The molecule has 1 aromatic carbocycles. The second kappa shape index (κ2) is 11.0. The molecular weight excluding hydrogens is 378 g/mol. The van der Waals surface area contributed by atoms with Gasteiger partial charge in [0, 0.05) is 20.1 Å². The van der Waals surface area contributed by atoms with E-state index in [1.54, 1.807) is 13.4 Å². The van der Waals surface area contributed by atoms with E-state index in [4.69, 9.17) is 9.15 Å². The summed E-state index contributed by atoms with van der Waals surface area (Å²) < 4.78 is 11.1. The van der Waals surface area contributed by atoms with Crippen molar-refractivity contribution in [1.29, 1.82) is 0 Å². The van der Waals surface area contributed by atoms with Gasteiger partial charge in [0.15, 0.2) is 5.96 Å². The SMILES string of the molecule is CN=C(NCC(c1ccco1)N(C)C)NCC(c1cccc(OC)c1)N1CCCC1. The molecule has 0 aliphatic carbocycles. The van der Waals surface area contributed by atoms with E-state index < -0.39 is 0 Å². The third-order valence-electron chi connectivity index (χ3n) is 5.70. The van der Waals surface area contributed by atoms with E-state index in [9.17, 15) is 0 Å². The summed E-state index contributed by atoms with van der Waals surface area (Å²) in [6.45, 7) is 3.72. The van der Waals surface area contributed by atoms with E-state index in [1.165, 1.54) is 18.4 Å². The molecule has 30 heavy (non-hydrogen) atoms. The number of ether oxygens (including phenoxy) is 1. The van der Waals surface area contributed by atoms with Crippen LogP contribution in [0.3, 0.4) is 0 Å². The van der Waals surface area contributed by atoms with Crippen LogP contribution in [0.2, 0.25) is 0 Å². The number of likely N-dealkylation sites (tertiary alicyclic amines) is 1. The van der Waals surface area contributed by atoms with Crippen LogP contribution in [0.4, 0.5) is 0 Å². The lowest BCUT2D eigenvalue weighted by Crippen LogP contribution is -2.45. The third-order valence-corrected chi connectivity index (χ3v) is 5.70. The van der Waals surface area contributed by atoms with E-state index in [2.05, 4.69) is 57.7 Å². The lowest BCUT2D eigenvalue weighted by molar-refractivity contribution is 0.243. The van der Waals surface area contributed by atoms with E-state index in [0.29, 0.717) is 6.54 Å². The standard InChI is InChI=1S/C23H35N5O2/c1-24-23(26-17-21(27(2)3)22-11-8-14-30-22)25-16-20(28-12-5-6-13-28)18-9-7-10-19(15-18)29-4/h7-11,14-15,20-21H,5-6,12-13,16-17H2,1-4H3,(H2,24,25,26). The molecule has 2 N–H and O–H groups in total. The summed E-state index contributed by atoms with van der Waals surface area (Å²) in [7, 11) is 7.63. The first-order chi connectivity index (χ1) is 14.6. The molecule has 0 bridgehead atoms. The van der Waals surface area contributed by atoms with Gasteiger partial charge in [-0.05, 0) is 69.9 Å². The zero-order chi connectivity index (χ0) is 21.3. The maximum atomic E-state index is 5.61. The Hall–Kier alpha value is -2.51. The van der Waals surface area contributed by atoms with Gasteiger partial charge in [-0.15, -0.1) is 0 Å². The van der Waals surface area contributed by atoms with Crippen LogP contribution in [-0.4, -0.2) is 70.2 Å². The molecule has 2 heterocycles. The fourth-order valence-electron chi connectivity index (χ4n) is 3.99. The fraction of sp³-hybridized carbons (Fsp3) is 0.522. The van der Waals surface area contributed by atoms with Crippen molar-refractivity contribution in [1.82, 2.24) is 20.4 Å². The van der Waals surface area contributed by atoms with Crippen molar-refractivity contribution in [3.63, 3.8) is 0 Å². The van der Waals surface area contributed by atoms with Crippen molar-refractivity contribution in [3.8, 4) is 5.75 Å². The number of rotatable bonds is 9. The van der Waals surface area contributed by atoms with Gasteiger partial charge >= 0.3 is 0 Å². The molecule has 164 valence electrons. The topological polar surface area (TPSA) is 65.3 Å². The molecule has 0 saturated carbocycles. The van der Waals surface area contributed by atoms with Gasteiger partial charge in [0.25, 0.3) is 0 Å². The van der Waals surface area contributed by atoms with Crippen molar-refractivity contribution in [3.05, 3.63) is 54.0 Å². The maximum absolute atomic E-state index is 5.61. The average molecular weight is 414 g/mol. The highest BCUT2D eigenvalue weighted by Gasteiger charge is 2.24. The number of nitrogens with one attached hydrogen (secondary N) is 2. The molecule has 1 aromatic heterocycles. The highest BCUT2D eigenvalue weighted by atomic mass is 16.5. The minimum absolute atomic E-state index is 0.131. The molecule has 1 aliphatic rings. The molecule has 1 aliphatic heterocycles. The van der Waals surface area contributed by atoms with Gasteiger partial charge in [-0.25, -0.2) is 0 Å². The van der Waals surface area contributed by atoms with E-state index in [1.807, 2.05) is 25.2 Å². The first kappa shape index (κ1) is 22.2. The highest BCUT2D eigenvalue weighted by molar-refractivity contribution is 5.79. The molecule has 7 heteroatoms. The molecule has 7 nitrogen and oxygen atoms in total. The first-order valence-corrected chi connectivity index (χ1v) is 10.6. The predicted molar refractivity (Wildman–Crippen MR) is 121 cm³/mol. The number of hydrogen-bond acceptors (Lipinski definition) is 5. The largest absolute Gasteiger partial charge is 0.497 e. The quantitative estimate of drug-likeness (QED) is 0.487.